The number of hydrogen-bond donors (Lipinski definition) is 2. The Labute approximate surface area is 126 Å². The van der Waals surface area contributed by atoms with Crippen molar-refractivity contribution in [2.24, 2.45) is 0 Å². The molecule has 0 atom stereocenters. The molecule has 1 aromatic heterocycles. The third kappa shape index (κ3) is 3.20. The maximum Gasteiger partial charge on any atom is 0.325 e. The second-order valence-corrected chi connectivity index (χ2v) is 5.65. The molecular weight excluding hydrogens is 282 g/mol. The number of thiazole rings is 1. The summed E-state index contributed by atoms with van der Waals surface area (Å²) in [5.41, 5.74) is 2.93. The van der Waals surface area contributed by atoms with Crippen molar-refractivity contribution in [3.8, 4) is 0 Å². The second-order valence-electron chi connectivity index (χ2n) is 4.62. The monoisotopic (exact) mass is 297 g/mol. The molecule has 0 saturated heterocycles. The average molecular weight is 297 g/mol. The van der Waals surface area contributed by atoms with Crippen molar-refractivity contribution in [2.75, 3.05) is 10.6 Å². The maximum absolute atomic E-state index is 11.9. The number of urea groups is 1. The number of fused-ring (bicyclic) bond motifs is 1. The Bertz CT molecular complexity index is 768. The lowest BCUT2D eigenvalue weighted by Crippen LogP contribution is -2.19. The number of amides is 2. The fraction of sp³-hybridized carbons (Fsp3) is 0.125. The number of rotatable bonds is 3. The van der Waals surface area contributed by atoms with Gasteiger partial charge < -0.3 is 5.32 Å². The van der Waals surface area contributed by atoms with Gasteiger partial charge in [0.25, 0.3) is 0 Å². The summed E-state index contributed by atoms with van der Waals surface area (Å²) in [5, 5.41) is 6.15. The number of nitrogens with zero attached hydrogens (tertiary/aromatic N) is 1. The van der Waals surface area contributed by atoms with E-state index in [-0.39, 0.29) is 6.03 Å². The molecule has 106 valence electrons. The minimum atomic E-state index is -0.282. The van der Waals surface area contributed by atoms with E-state index in [1.54, 1.807) is 0 Å². The van der Waals surface area contributed by atoms with Gasteiger partial charge in [0.2, 0.25) is 0 Å². The van der Waals surface area contributed by atoms with Crippen molar-refractivity contribution in [3.63, 3.8) is 0 Å². The lowest BCUT2D eigenvalue weighted by atomic mass is 10.2. The smallest absolute Gasteiger partial charge is 0.308 e. The third-order valence-electron chi connectivity index (χ3n) is 3.11. The lowest BCUT2D eigenvalue weighted by Gasteiger charge is -2.04. The van der Waals surface area contributed by atoms with Gasteiger partial charge in [-0.2, -0.15) is 0 Å². The average Bonchev–Trinajstić information content (AvgIpc) is 2.89. The number of carbonyl (C=O) groups excluding carboxylic acids is 1. The van der Waals surface area contributed by atoms with Crippen molar-refractivity contribution in [1.29, 1.82) is 0 Å². The highest BCUT2D eigenvalue weighted by Gasteiger charge is 2.08. The Balaban J connectivity index is 1.74. The fourth-order valence-corrected chi connectivity index (χ4v) is 2.95. The summed E-state index contributed by atoms with van der Waals surface area (Å²) in [6, 6.07) is 15.2. The van der Waals surface area contributed by atoms with Crippen molar-refractivity contribution in [1.82, 2.24) is 4.98 Å². The summed E-state index contributed by atoms with van der Waals surface area (Å²) < 4.78 is 1.09. The molecule has 0 unspecified atom stereocenters. The van der Waals surface area contributed by atoms with E-state index < -0.39 is 0 Å². The second kappa shape index (κ2) is 5.93. The zero-order valence-electron chi connectivity index (χ0n) is 11.6. The number of anilines is 2. The largest absolute Gasteiger partial charge is 0.325 e. The van der Waals surface area contributed by atoms with Crippen LogP contribution in [0.15, 0.2) is 48.5 Å². The highest BCUT2D eigenvalue weighted by molar-refractivity contribution is 7.22. The van der Waals surface area contributed by atoms with Crippen LogP contribution in [0.1, 0.15) is 12.5 Å². The molecule has 2 N–H and O–H groups in total. The van der Waals surface area contributed by atoms with E-state index in [4.69, 9.17) is 0 Å². The predicted octanol–water partition coefficient (Wildman–Crippen LogP) is 4.50. The number of benzene rings is 2. The van der Waals surface area contributed by atoms with Crippen LogP contribution in [0.4, 0.5) is 15.6 Å². The van der Waals surface area contributed by atoms with E-state index >= 15 is 0 Å². The molecule has 0 aliphatic heterocycles. The van der Waals surface area contributed by atoms with Crippen LogP contribution >= 0.6 is 11.3 Å². The molecule has 2 aromatic carbocycles. The molecule has 0 bridgehead atoms. The van der Waals surface area contributed by atoms with Crippen LogP contribution in [0.25, 0.3) is 10.2 Å². The van der Waals surface area contributed by atoms with Crippen LogP contribution in [-0.2, 0) is 6.42 Å². The molecule has 3 aromatic rings. The Hall–Kier alpha value is -2.40. The summed E-state index contributed by atoms with van der Waals surface area (Å²) in [6.45, 7) is 2.12. The number of nitrogens with one attached hydrogen (secondary N) is 2. The van der Waals surface area contributed by atoms with E-state index in [1.807, 2.05) is 36.4 Å². The van der Waals surface area contributed by atoms with Crippen LogP contribution in [0.2, 0.25) is 0 Å². The van der Waals surface area contributed by atoms with Crippen LogP contribution in [0.5, 0.6) is 0 Å². The lowest BCUT2D eigenvalue weighted by molar-refractivity contribution is 0.262. The number of carbonyl (C=O) groups is 1. The highest BCUT2D eigenvalue weighted by atomic mass is 32.1. The molecule has 1 heterocycles. The number of aryl methyl sites for hydroxylation is 1. The molecule has 0 aliphatic carbocycles. The summed E-state index contributed by atoms with van der Waals surface area (Å²) in [4.78, 5) is 16.3. The maximum atomic E-state index is 11.9. The summed E-state index contributed by atoms with van der Waals surface area (Å²) in [5.74, 6) is 0. The van der Waals surface area contributed by atoms with Gasteiger partial charge in [-0.1, -0.05) is 42.5 Å². The quantitative estimate of drug-likeness (QED) is 0.747. The SMILES string of the molecule is CCc1ccc2nc(NC(=O)Nc3ccccc3)sc2c1. The van der Waals surface area contributed by atoms with Gasteiger partial charge >= 0.3 is 6.03 Å². The normalized spacial score (nSPS) is 10.5. The number of aromatic nitrogens is 1. The standard InChI is InChI=1S/C16H15N3OS/c1-2-11-8-9-13-14(10-11)21-16(18-13)19-15(20)17-12-6-4-3-5-7-12/h3-10H,2H2,1H3,(H2,17,18,19,20). The van der Waals surface area contributed by atoms with Gasteiger partial charge in [-0.05, 0) is 36.2 Å². The first-order valence-corrected chi connectivity index (χ1v) is 7.59. The first kappa shape index (κ1) is 13.6. The molecular formula is C16H15N3OS. The van der Waals surface area contributed by atoms with E-state index in [2.05, 4.69) is 34.7 Å². The summed E-state index contributed by atoms with van der Waals surface area (Å²) in [6.07, 6.45) is 0.991. The van der Waals surface area contributed by atoms with Crippen molar-refractivity contribution < 1.29 is 4.79 Å². The zero-order valence-corrected chi connectivity index (χ0v) is 12.4. The molecule has 0 spiro atoms. The topological polar surface area (TPSA) is 54.0 Å². The van der Waals surface area contributed by atoms with Gasteiger partial charge in [-0.15, -0.1) is 0 Å². The Morgan fingerprint density at radius 1 is 1.14 bits per heavy atom. The Kier molecular flexibility index (Phi) is 3.83. The van der Waals surface area contributed by atoms with E-state index in [0.717, 1.165) is 22.3 Å². The minimum Gasteiger partial charge on any atom is -0.308 e. The molecule has 5 heteroatoms. The predicted molar refractivity (Wildman–Crippen MR) is 88.1 cm³/mol. The van der Waals surface area contributed by atoms with Gasteiger partial charge in [0, 0.05) is 5.69 Å². The number of hydrogen-bond acceptors (Lipinski definition) is 3. The van der Waals surface area contributed by atoms with Gasteiger partial charge in [0.05, 0.1) is 10.2 Å². The third-order valence-corrected chi connectivity index (χ3v) is 4.05. The minimum absolute atomic E-state index is 0.282. The van der Waals surface area contributed by atoms with Gasteiger partial charge in [-0.3, -0.25) is 5.32 Å². The van der Waals surface area contributed by atoms with Gasteiger partial charge in [0.1, 0.15) is 0 Å². The van der Waals surface area contributed by atoms with E-state index in [1.165, 1.54) is 16.9 Å². The summed E-state index contributed by atoms with van der Waals surface area (Å²) >= 11 is 1.48. The Morgan fingerprint density at radius 2 is 1.95 bits per heavy atom. The van der Waals surface area contributed by atoms with Crippen molar-refractivity contribution in [2.45, 2.75) is 13.3 Å². The molecule has 21 heavy (non-hydrogen) atoms. The Morgan fingerprint density at radius 3 is 2.71 bits per heavy atom. The summed E-state index contributed by atoms with van der Waals surface area (Å²) in [7, 11) is 0. The number of para-hydroxylation sites is 1. The first-order valence-electron chi connectivity index (χ1n) is 6.77. The van der Waals surface area contributed by atoms with Crippen LogP contribution in [0, 0.1) is 0 Å². The van der Waals surface area contributed by atoms with Crippen molar-refractivity contribution in [3.05, 3.63) is 54.1 Å². The van der Waals surface area contributed by atoms with Gasteiger partial charge in [0.15, 0.2) is 5.13 Å². The van der Waals surface area contributed by atoms with Crippen LogP contribution in [-0.4, -0.2) is 11.0 Å². The van der Waals surface area contributed by atoms with Gasteiger partial charge in [-0.25, -0.2) is 9.78 Å². The van der Waals surface area contributed by atoms with E-state index in [9.17, 15) is 4.79 Å². The molecule has 0 fully saturated rings. The molecule has 3 rings (SSSR count). The first-order chi connectivity index (χ1) is 10.2. The molecule has 0 saturated carbocycles. The molecule has 4 nitrogen and oxygen atoms in total. The van der Waals surface area contributed by atoms with Crippen LogP contribution in [0.3, 0.4) is 0 Å². The molecule has 2 amide bonds. The van der Waals surface area contributed by atoms with Crippen LogP contribution < -0.4 is 10.6 Å². The molecule has 0 aliphatic rings. The fourth-order valence-electron chi connectivity index (χ4n) is 2.02. The zero-order chi connectivity index (χ0) is 14.7. The molecule has 0 radical (unpaired) electrons. The van der Waals surface area contributed by atoms with Crippen molar-refractivity contribution >= 4 is 38.4 Å². The van der Waals surface area contributed by atoms with E-state index in [0.29, 0.717) is 5.13 Å². The highest BCUT2D eigenvalue weighted by Crippen LogP contribution is 2.27.